The zero-order valence-corrected chi connectivity index (χ0v) is 19.0. The second-order valence-corrected chi connectivity index (χ2v) is 8.54. The van der Waals surface area contributed by atoms with Crippen molar-refractivity contribution >= 4 is 17.5 Å². The molecular formula is C26H29FN4O3. The molecule has 4 rings (SSSR count). The topological polar surface area (TPSA) is 76.5 Å². The first-order valence-corrected chi connectivity index (χ1v) is 11.6. The van der Waals surface area contributed by atoms with Gasteiger partial charge in [0.1, 0.15) is 18.1 Å². The van der Waals surface area contributed by atoms with Crippen LogP contribution in [0.5, 0.6) is 5.75 Å². The predicted molar refractivity (Wildman–Crippen MR) is 127 cm³/mol. The first-order chi connectivity index (χ1) is 16.5. The van der Waals surface area contributed by atoms with E-state index in [0.717, 1.165) is 30.6 Å². The number of anilines is 1. The summed E-state index contributed by atoms with van der Waals surface area (Å²) in [6, 6.07) is 16.0. The standard InChI is InChI=1S/C26H29FN4O3/c27-22-8-6-20(7-9-22)16-21-10-13-30(14-11-21)26(33)19-31-18-23(17-28-31)29-25(32)12-15-34-24-4-2-1-3-5-24/h1-9,17-18,21H,10-16,19H2,(H,29,32). The van der Waals surface area contributed by atoms with Crippen LogP contribution in [0.1, 0.15) is 24.8 Å². The maximum absolute atomic E-state index is 13.1. The van der Waals surface area contributed by atoms with Crippen molar-refractivity contribution in [1.29, 1.82) is 0 Å². The molecule has 178 valence electrons. The molecule has 1 aliphatic rings. The molecule has 2 amide bonds. The molecule has 1 aromatic heterocycles. The number of amides is 2. The Morgan fingerprint density at radius 2 is 1.79 bits per heavy atom. The number of piperidine rings is 1. The second-order valence-electron chi connectivity index (χ2n) is 8.54. The molecule has 2 heterocycles. The summed E-state index contributed by atoms with van der Waals surface area (Å²) >= 11 is 0. The molecular weight excluding hydrogens is 435 g/mol. The summed E-state index contributed by atoms with van der Waals surface area (Å²) in [6.07, 6.45) is 6.17. The number of likely N-dealkylation sites (tertiary alicyclic amines) is 1. The van der Waals surface area contributed by atoms with Gasteiger partial charge in [-0.1, -0.05) is 30.3 Å². The fraction of sp³-hybridized carbons (Fsp3) is 0.346. The van der Waals surface area contributed by atoms with Crippen LogP contribution in [-0.4, -0.2) is 46.2 Å². The summed E-state index contributed by atoms with van der Waals surface area (Å²) < 4.78 is 20.2. The number of halogens is 1. The van der Waals surface area contributed by atoms with E-state index in [1.54, 1.807) is 10.9 Å². The van der Waals surface area contributed by atoms with E-state index >= 15 is 0 Å². The lowest BCUT2D eigenvalue weighted by molar-refractivity contribution is -0.133. The van der Waals surface area contributed by atoms with E-state index < -0.39 is 0 Å². The molecule has 8 heteroatoms. The van der Waals surface area contributed by atoms with Crippen molar-refractivity contribution in [2.75, 3.05) is 25.0 Å². The summed E-state index contributed by atoms with van der Waals surface area (Å²) in [7, 11) is 0. The second kappa shape index (κ2) is 11.4. The van der Waals surface area contributed by atoms with Crippen molar-refractivity contribution in [3.63, 3.8) is 0 Å². The van der Waals surface area contributed by atoms with E-state index in [-0.39, 0.29) is 37.2 Å². The van der Waals surface area contributed by atoms with Crippen molar-refractivity contribution in [2.45, 2.75) is 32.2 Å². The first-order valence-electron chi connectivity index (χ1n) is 11.6. The Balaban J connectivity index is 1.17. The summed E-state index contributed by atoms with van der Waals surface area (Å²) in [5.41, 5.74) is 1.68. The third kappa shape index (κ3) is 6.91. The van der Waals surface area contributed by atoms with Gasteiger partial charge in [0.25, 0.3) is 0 Å². The quantitative estimate of drug-likeness (QED) is 0.521. The van der Waals surface area contributed by atoms with Crippen LogP contribution in [0.15, 0.2) is 67.0 Å². The lowest BCUT2D eigenvalue weighted by Gasteiger charge is -2.32. The van der Waals surface area contributed by atoms with Gasteiger partial charge < -0.3 is 15.0 Å². The van der Waals surface area contributed by atoms with Gasteiger partial charge in [0.05, 0.1) is 24.9 Å². The Kier molecular flexibility index (Phi) is 7.91. The van der Waals surface area contributed by atoms with Gasteiger partial charge in [-0.05, 0) is 55.0 Å². The van der Waals surface area contributed by atoms with Gasteiger partial charge >= 0.3 is 0 Å². The van der Waals surface area contributed by atoms with Crippen LogP contribution in [0.2, 0.25) is 0 Å². The number of carbonyl (C=O) groups is 2. The maximum atomic E-state index is 13.1. The average Bonchev–Trinajstić information content (AvgIpc) is 3.28. The van der Waals surface area contributed by atoms with Crippen LogP contribution in [0, 0.1) is 11.7 Å². The fourth-order valence-corrected chi connectivity index (χ4v) is 4.10. The Bertz CT molecular complexity index is 1080. The van der Waals surface area contributed by atoms with E-state index in [1.165, 1.54) is 18.3 Å². The van der Waals surface area contributed by atoms with Crippen LogP contribution >= 0.6 is 0 Å². The molecule has 1 fully saturated rings. The smallest absolute Gasteiger partial charge is 0.244 e. The number of hydrogen-bond acceptors (Lipinski definition) is 4. The monoisotopic (exact) mass is 464 g/mol. The van der Waals surface area contributed by atoms with Crippen LogP contribution in [0.4, 0.5) is 10.1 Å². The normalized spacial score (nSPS) is 14.1. The predicted octanol–water partition coefficient (Wildman–Crippen LogP) is 3.91. The zero-order valence-electron chi connectivity index (χ0n) is 19.0. The highest BCUT2D eigenvalue weighted by atomic mass is 19.1. The van der Waals surface area contributed by atoms with Crippen molar-refractivity contribution in [1.82, 2.24) is 14.7 Å². The molecule has 0 atom stereocenters. The number of nitrogens with zero attached hydrogens (tertiary/aromatic N) is 3. The van der Waals surface area contributed by atoms with Crippen LogP contribution in [0.25, 0.3) is 0 Å². The third-order valence-corrected chi connectivity index (χ3v) is 5.96. The minimum Gasteiger partial charge on any atom is -0.493 e. The van der Waals surface area contributed by atoms with Crippen molar-refractivity contribution in [3.8, 4) is 5.75 Å². The lowest BCUT2D eigenvalue weighted by Crippen LogP contribution is -2.40. The van der Waals surface area contributed by atoms with E-state index in [0.29, 0.717) is 24.7 Å². The Morgan fingerprint density at radius 3 is 2.53 bits per heavy atom. The molecule has 0 radical (unpaired) electrons. The summed E-state index contributed by atoms with van der Waals surface area (Å²) in [6.45, 7) is 1.82. The molecule has 0 bridgehead atoms. The highest BCUT2D eigenvalue weighted by molar-refractivity contribution is 5.90. The molecule has 2 aromatic carbocycles. The molecule has 1 saturated heterocycles. The van der Waals surface area contributed by atoms with Gasteiger partial charge in [0.2, 0.25) is 11.8 Å². The number of carbonyl (C=O) groups excluding carboxylic acids is 2. The van der Waals surface area contributed by atoms with Gasteiger partial charge in [-0.15, -0.1) is 0 Å². The van der Waals surface area contributed by atoms with Gasteiger partial charge in [-0.3, -0.25) is 14.3 Å². The number of ether oxygens (including phenoxy) is 1. The van der Waals surface area contributed by atoms with Gasteiger partial charge in [0, 0.05) is 19.3 Å². The molecule has 0 saturated carbocycles. The van der Waals surface area contributed by atoms with E-state index in [9.17, 15) is 14.0 Å². The summed E-state index contributed by atoms with van der Waals surface area (Å²) in [5, 5.41) is 6.99. The summed E-state index contributed by atoms with van der Waals surface area (Å²) in [5.74, 6) is 0.832. The van der Waals surface area contributed by atoms with E-state index in [2.05, 4.69) is 10.4 Å². The Labute approximate surface area is 198 Å². The van der Waals surface area contributed by atoms with Crippen LogP contribution in [-0.2, 0) is 22.6 Å². The fourth-order valence-electron chi connectivity index (χ4n) is 4.10. The molecule has 0 aliphatic carbocycles. The molecule has 34 heavy (non-hydrogen) atoms. The van der Waals surface area contributed by atoms with E-state index in [4.69, 9.17) is 4.74 Å². The number of para-hydroxylation sites is 1. The number of hydrogen-bond donors (Lipinski definition) is 1. The minimum absolute atomic E-state index is 0.0115. The zero-order chi connectivity index (χ0) is 23.8. The van der Waals surface area contributed by atoms with E-state index in [1.807, 2.05) is 47.4 Å². The number of nitrogens with one attached hydrogen (secondary N) is 1. The molecule has 0 unspecified atom stereocenters. The van der Waals surface area contributed by atoms with Crippen molar-refractivity contribution < 1.29 is 18.7 Å². The molecule has 3 aromatic rings. The number of benzene rings is 2. The number of rotatable bonds is 9. The largest absolute Gasteiger partial charge is 0.493 e. The third-order valence-electron chi connectivity index (χ3n) is 5.96. The average molecular weight is 465 g/mol. The SMILES string of the molecule is O=C(CCOc1ccccc1)Nc1cnn(CC(=O)N2CCC(Cc3ccc(F)cc3)CC2)c1. The first kappa shape index (κ1) is 23.5. The van der Waals surface area contributed by atoms with Crippen LogP contribution < -0.4 is 10.1 Å². The van der Waals surface area contributed by atoms with Gasteiger partial charge in [-0.2, -0.15) is 5.10 Å². The molecule has 7 nitrogen and oxygen atoms in total. The van der Waals surface area contributed by atoms with Crippen molar-refractivity contribution in [3.05, 3.63) is 78.4 Å². The molecule has 0 spiro atoms. The van der Waals surface area contributed by atoms with Crippen LogP contribution in [0.3, 0.4) is 0 Å². The highest BCUT2D eigenvalue weighted by Crippen LogP contribution is 2.22. The summed E-state index contributed by atoms with van der Waals surface area (Å²) in [4.78, 5) is 26.7. The molecule has 1 aliphatic heterocycles. The maximum Gasteiger partial charge on any atom is 0.244 e. The van der Waals surface area contributed by atoms with Gasteiger partial charge in [0.15, 0.2) is 0 Å². The van der Waals surface area contributed by atoms with Crippen molar-refractivity contribution in [2.24, 2.45) is 5.92 Å². The Morgan fingerprint density at radius 1 is 1.06 bits per heavy atom. The Hall–Kier alpha value is -3.68. The highest BCUT2D eigenvalue weighted by Gasteiger charge is 2.23. The van der Waals surface area contributed by atoms with Gasteiger partial charge in [-0.25, -0.2) is 4.39 Å². The number of aromatic nitrogens is 2. The lowest BCUT2D eigenvalue weighted by atomic mass is 9.90. The molecule has 1 N–H and O–H groups in total. The minimum atomic E-state index is -0.220.